The van der Waals surface area contributed by atoms with Crippen LogP contribution in [0.1, 0.15) is 15.9 Å². The predicted octanol–water partition coefficient (Wildman–Crippen LogP) is 3.47. The van der Waals surface area contributed by atoms with Gasteiger partial charge in [-0.3, -0.25) is 4.79 Å². The third-order valence-corrected chi connectivity index (χ3v) is 3.63. The molecule has 0 radical (unpaired) electrons. The first kappa shape index (κ1) is 17.5. The fourth-order valence-corrected chi connectivity index (χ4v) is 2.29. The molecule has 1 heterocycles. The summed E-state index contributed by atoms with van der Waals surface area (Å²) in [4.78, 5) is 20.0. The Labute approximate surface area is 149 Å². The smallest absolute Gasteiger partial charge is 0.254 e. The van der Waals surface area contributed by atoms with E-state index >= 15 is 0 Å². The van der Waals surface area contributed by atoms with Gasteiger partial charge in [-0.15, -0.1) is 0 Å². The normalized spacial score (nSPS) is 10.4. The van der Waals surface area contributed by atoms with Gasteiger partial charge in [-0.2, -0.15) is 0 Å². The van der Waals surface area contributed by atoms with Crippen LogP contribution in [-0.2, 0) is 6.42 Å². The van der Waals surface area contributed by atoms with Gasteiger partial charge in [-0.25, -0.2) is 18.7 Å². The molecule has 0 fully saturated rings. The molecule has 0 saturated heterocycles. The highest BCUT2D eigenvalue weighted by Crippen LogP contribution is 2.18. The maximum Gasteiger partial charge on any atom is 0.254 e. The maximum atomic E-state index is 13.6. The number of benzene rings is 2. The van der Waals surface area contributed by atoms with Gasteiger partial charge in [0.1, 0.15) is 11.6 Å². The van der Waals surface area contributed by atoms with Gasteiger partial charge >= 0.3 is 0 Å². The molecule has 0 aliphatic carbocycles. The Morgan fingerprint density at radius 1 is 1.00 bits per heavy atom. The first-order chi connectivity index (χ1) is 12.6. The molecule has 0 saturated carbocycles. The molecule has 0 spiro atoms. The Kier molecular flexibility index (Phi) is 5.48. The lowest BCUT2D eigenvalue weighted by Crippen LogP contribution is -2.26. The van der Waals surface area contributed by atoms with Crippen molar-refractivity contribution in [2.45, 2.75) is 6.42 Å². The van der Waals surface area contributed by atoms with Crippen molar-refractivity contribution in [1.82, 2.24) is 15.3 Å². The Balaban J connectivity index is 1.55. The number of carbonyl (C=O) groups is 1. The van der Waals surface area contributed by atoms with E-state index in [4.69, 9.17) is 0 Å². The van der Waals surface area contributed by atoms with Crippen molar-refractivity contribution in [2.24, 2.45) is 0 Å². The third-order valence-electron chi connectivity index (χ3n) is 3.63. The van der Waals surface area contributed by atoms with Crippen molar-refractivity contribution in [3.63, 3.8) is 0 Å². The Bertz CT molecular complexity index is 886. The summed E-state index contributed by atoms with van der Waals surface area (Å²) < 4.78 is 26.5. The zero-order chi connectivity index (χ0) is 18.4. The monoisotopic (exact) mass is 354 g/mol. The van der Waals surface area contributed by atoms with Crippen LogP contribution in [-0.4, -0.2) is 22.4 Å². The van der Waals surface area contributed by atoms with E-state index in [0.29, 0.717) is 12.1 Å². The van der Waals surface area contributed by atoms with Crippen LogP contribution in [0.15, 0.2) is 60.9 Å². The second-order valence-corrected chi connectivity index (χ2v) is 5.54. The molecular weight excluding hydrogens is 338 g/mol. The fourth-order valence-electron chi connectivity index (χ4n) is 2.29. The number of anilines is 2. The topological polar surface area (TPSA) is 66.9 Å². The molecule has 132 valence electrons. The van der Waals surface area contributed by atoms with E-state index in [2.05, 4.69) is 20.6 Å². The summed E-state index contributed by atoms with van der Waals surface area (Å²) in [7, 11) is 0. The van der Waals surface area contributed by atoms with Crippen molar-refractivity contribution < 1.29 is 13.6 Å². The van der Waals surface area contributed by atoms with E-state index in [-0.39, 0.29) is 17.5 Å². The summed E-state index contributed by atoms with van der Waals surface area (Å²) in [6.07, 6.45) is 3.40. The Hall–Kier alpha value is -3.35. The van der Waals surface area contributed by atoms with Gasteiger partial charge in [-0.1, -0.05) is 30.3 Å². The minimum atomic E-state index is -0.753. The maximum absolute atomic E-state index is 13.6. The average molecular weight is 354 g/mol. The number of nitrogens with one attached hydrogen (secondary N) is 2. The number of aromatic nitrogens is 2. The summed E-state index contributed by atoms with van der Waals surface area (Å²) in [5.41, 5.74) is 1.47. The first-order valence-corrected chi connectivity index (χ1v) is 7.98. The number of hydrogen-bond acceptors (Lipinski definition) is 4. The van der Waals surface area contributed by atoms with Crippen LogP contribution >= 0.6 is 0 Å². The lowest BCUT2D eigenvalue weighted by atomic mass is 10.1. The number of halogens is 2. The van der Waals surface area contributed by atoms with Crippen LogP contribution < -0.4 is 10.6 Å². The molecule has 1 aromatic heterocycles. The highest BCUT2D eigenvalue weighted by molar-refractivity contribution is 5.93. The van der Waals surface area contributed by atoms with Gasteiger partial charge in [0.25, 0.3) is 5.91 Å². The van der Waals surface area contributed by atoms with Crippen molar-refractivity contribution >= 4 is 17.5 Å². The summed E-state index contributed by atoms with van der Waals surface area (Å²) in [6.45, 7) is 0.490. The molecule has 7 heteroatoms. The molecule has 5 nitrogen and oxygen atoms in total. The van der Waals surface area contributed by atoms with E-state index in [0.717, 1.165) is 24.1 Å². The van der Waals surface area contributed by atoms with E-state index in [9.17, 15) is 13.6 Å². The molecule has 0 unspecified atom stereocenters. The van der Waals surface area contributed by atoms with Gasteiger partial charge in [0.05, 0.1) is 11.3 Å². The second-order valence-electron chi connectivity index (χ2n) is 5.54. The van der Waals surface area contributed by atoms with Crippen molar-refractivity contribution in [3.8, 4) is 0 Å². The number of hydrogen-bond donors (Lipinski definition) is 2. The molecule has 0 bridgehead atoms. The van der Waals surface area contributed by atoms with Crippen LogP contribution in [0, 0.1) is 11.6 Å². The zero-order valence-electron chi connectivity index (χ0n) is 13.7. The highest BCUT2D eigenvalue weighted by Gasteiger charge is 2.09. The number of amides is 1. The predicted molar refractivity (Wildman–Crippen MR) is 94.2 cm³/mol. The van der Waals surface area contributed by atoms with Gasteiger partial charge in [0.2, 0.25) is 5.95 Å². The van der Waals surface area contributed by atoms with Crippen LogP contribution in [0.3, 0.4) is 0 Å². The molecule has 1 amide bonds. The largest absolute Gasteiger partial charge is 0.352 e. The van der Waals surface area contributed by atoms with Crippen LogP contribution in [0.2, 0.25) is 0 Å². The Morgan fingerprint density at radius 2 is 1.73 bits per heavy atom. The number of rotatable bonds is 6. The SMILES string of the molecule is O=C(NCCc1ccccc1)c1cnc(Nc2ccc(F)cc2F)nc1. The van der Waals surface area contributed by atoms with Crippen LogP contribution in [0.4, 0.5) is 20.4 Å². The van der Waals surface area contributed by atoms with Crippen molar-refractivity contribution in [3.05, 3.63) is 83.7 Å². The minimum Gasteiger partial charge on any atom is -0.352 e. The van der Waals surface area contributed by atoms with Crippen LogP contribution in [0.5, 0.6) is 0 Å². The summed E-state index contributed by atoms with van der Waals surface area (Å²) in [5.74, 6) is -1.61. The molecule has 3 rings (SSSR count). The quantitative estimate of drug-likeness (QED) is 0.711. The van der Waals surface area contributed by atoms with E-state index in [1.807, 2.05) is 30.3 Å². The molecular formula is C19H16F2N4O. The molecule has 2 N–H and O–H groups in total. The van der Waals surface area contributed by atoms with Gasteiger partial charge < -0.3 is 10.6 Å². The first-order valence-electron chi connectivity index (χ1n) is 7.98. The van der Waals surface area contributed by atoms with Gasteiger partial charge in [0.15, 0.2) is 0 Å². The summed E-state index contributed by atoms with van der Waals surface area (Å²) >= 11 is 0. The van der Waals surface area contributed by atoms with E-state index < -0.39 is 11.6 Å². The molecule has 3 aromatic rings. The minimum absolute atomic E-state index is 0.0477. The highest BCUT2D eigenvalue weighted by atomic mass is 19.1. The zero-order valence-corrected chi connectivity index (χ0v) is 13.7. The third kappa shape index (κ3) is 4.60. The lowest BCUT2D eigenvalue weighted by Gasteiger charge is -2.07. The summed E-state index contributed by atoms with van der Waals surface area (Å²) in [6, 6.07) is 12.9. The average Bonchev–Trinajstić information content (AvgIpc) is 2.65. The summed E-state index contributed by atoms with van der Waals surface area (Å²) in [5, 5.41) is 5.43. The van der Waals surface area contributed by atoms with Crippen molar-refractivity contribution in [1.29, 1.82) is 0 Å². The molecule has 0 aliphatic rings. The van der Waals surface area contributed by atoms with Gasteiger partial charge in [-0.05, 0) is 24.1 Å². The molecule has 2 aromatic carbocycles. The number of nitrogens with zero attached hydrogens (tertiary/aromatic N) is 2. The van der Waals surface area contributed by atoms with E-state index in [1.165, 1.54) is 18.5 Å². The van der Waals surface area contributed by atoms with Crippen molar-refractivity contribution in [2.75, 3.05) is 11.9 Å². The van der Waals surface area contributed by atoms with E-state index in [1.54, 1.807) is 0 Å². The molecule has 0 aliphatic heterocycles. The number of carbonyl (C=O) groups excluding carboxylic acids is 1. The van der Waals surface area contributed by atoms with Gasteiger partial charge in [0, 0.05) is 25.0 Å². The Morgan fingerprint density at radius 3 is 2.42 bits per heavy atom. The fraction of sp³-hybridized carbons (Fsp3) is 0.105. The standard InChI is InChI=1S/C19H16F2N4O/c20-15-6-7-17(16(21)10-15)25-19-23-11-14(12-24-19)18(26)22-9-8-13-4-2-1-3-5-13/h1-7,10-12H,8-9H2,(H,22,26)(H,23,24,25). The molecule has 0 atom stereocenters. The van der Waals surface area contributed by atoms with Crippen LogP contribution in [0.25, 0.3) is 0 Å². The molecule has 26 heavy (non-hydrogen) atoms. The second kappa shape index (κ2) is 8.15. The lowest BCUT2D eigenvalue weighted by molar-refractivity contribution is 0.0953.